The summed E-state index contributed by atoms with van der Waals surface area (Å²) in [5, 5.41) is 17.7. The highest BCUT2D eigenvalue weighted by Gasteiger charge is 2.24. The number of rotatable bonds is 9. The Morgan fingerprint density at radius 2 is 2.04 bits per heavy atom. The molecular formula is C19H25N5O3. The lowest BCUT2D eigenvalue weighted by Gasteiger charge is -2.13. The average Bonchev–Trinajstić information content (AvgIpc) is 3.19. The molecule has 2 aromatic rings. The highest BCUT2D eigenvalue weighted by Crippen LogP contribution is 2.31. The molecule has 2 N–H and O–H groups in total. The summed E-state index contributed by atoms with van der Waals surface area (Å²) in [5.41, 5.74) is 1.84. The number of aryl methyl sites for hydroxylation is 1. The molecule has 144 valence electrons. The van der Waals surface area contributed by atoms with E-state index >= 15 is 0 Å². The van der Waals surface area contributed by atoms with Gasteiger partial charge in [0.2, 0.25) is 11.6 Å². The monoisotopic (exact) mass is 371 g/mol. The lowest BCUT2D eigenvalue weighted by Crippen LogP contribution is -2.20. The van der Waals surface area contributed by atoms with Gasteiger partial charge in [0.15, 0.2) is 0 Å². The van der Waals surface area contributed by atoms with E-state index in [2.05, 4.69) is 27.5 Å². The summed E-state index contributed by atoms with van der Waals surface area (Å²) in [6.07, 6.45) is 6.66. The zero-order valence-corrected chi connectivity index (χ0v) is 15.5. The number of ether oxygens (including phenoxy) is 1. The summed E-state index contributed by atoms with van der Waals surface area (Å²) in [7, 11) is 0. The van der Waals surface area contributed by atoms with Crippen molar-refractivity contribution in [3.63, 3.8) is 0 Å². The van der Waals surface area contributed by atoms with Crippen LogP contribution in [0.4, 0.5) is 23.0 Å². The second-order valence-electron chi connectivity index (χ2n) is 6.62. The van der Waals surface area contributed by atoms with Crippen molar-refractivity contribution in [2.24, 2.45) is 0 Å². The minimum absolute atomic E-state index is 0.0617. The second kappa shape index (κ2) is 9.27. The molecular weight excluding hydrogens is 346 g/mol. The molecule has 1 aliphatic rings. The number of nitrogens with zero attached hydrogens (tertiary/aromatic N) is 3. The lowest BCUT2D eigenvalue weighted by molar-refractivity contribution is -0.383. The van der Waals surface area contributed by atoms with Crippen molar-refractivity contribution in [1.29, 1.82) is 0 Å². The van der Waals surface area contributed by atoms with Gasteiger partial charge in [0, 0.05) is 18.8 Å². The smallest absolute Gasteiger partial charge is 0.353 e. The maximum absolute atomic E-state index is 11.6. The summed E-state index contributed by atoms with van der Waals surface area (Å²) in [6, 6.07) is 7.88. The van der Waals surface area contributed by atoms with Crippen LogP contribution in [0.15, 0.2) is 30.6 Å². The van der Waals surface area contributed by atoms with Crippen LogP contribution in [0.25, 0.3) is 0 Å². The predicted octanol–water partition coefficient (Wildman–Crippen LogP) is 4.06. The van der Waals surface area contributed by atoms with E-state index < -0.39 is 4.92 Å². The minimum Gasteiger partial charge on any atom is -0.376 e. The zero-order chi connectivity index (χ0) is 19.1. The van der Waals surface area contributed by atoms with Crippen molar-refractivity contribution in [1.82, 2.24) is 9.97 Å². The topological polar surface area (TPSA) is 102 Å². The fourth-order valence-corrected chi connectivity index (χ4v) is 3.06. The molecule has 0 saturated carbocycles. The standard InChI is InChI=1S/C19H25N5O3/c1-2-3-5-14-7-9-15(10-8-14)23-19-17(24(25)26)18(21-13-22-19)20-12-16-6-4-11-27-16/h7-10,13,16H,2-6,11-12H2,1H3,(H2,20,21,22,23). The number of hydrogen-bond acceptors (Lipinski definition) is 7. The first-order chi connectivity index (χ1) is 13.2. The van der Waals surface area contributed by atoms with E-state index in [4.69, 9.17) is 4.74 Å². The first-order valence-electron chi connectivity index (χ1n) is 9.38. The highest BCUT2D eigenvalue weighted by atomic mass is 16.6. The van der Waals surface area contributed by atoms with Crippen molar-refractivity contribution in [2.45, 2.75) is 45.1 Å². The average molecular weight is 371 g/mol. The van der Waals surface area contributed by atoms with Gasteiger partial charge in [0.25, 0.3) is 0 Å². The number of hydrogen-bond donors (Lipinski definition) is 2. The number of aromatic nitrogens is 2. The van der Waals surface area contributed by atoms with Crippen LogP contribution < -0.4 is 10.6 Å². The van der Waals surface area contributed by atoms with Crippen molar-refractivity contribution < 1.29 is 9.66 Å². The molecule has 1 unspecified atom stereocenters. The van der Waals surface area contributed by atoms with Crippen molar-refractivity contribution in [2.75, 3.05) is 23.8 Å². The van der Waals surface area contributed by atoms with Gasteiger partial charge in [-0.25, -0.2) is 9.97 Å². The SMILES string of the molecule is CCCCc1ccc(Nc2ncnc(NCC3CCCO3)c2[N+](=O)[O-])cc1. The number of nitrogens with one attached hydrogen (secondary N) is 2. The Bertz CT molecular complexity index is 760. The summed E-state index contributed by atoms with van der Waals surface area (Å²) >= 11 is 0. The molecule has 8 heteroatoms. The Morgan fingerprint density at radius 3 is 2.70 bits per heavy atom. The Labute approximate surface area is 158 Å². The molecule has 2 heterocycles. The van der Waals surface area contributed by atoms with Crippen molar-refractivity contribution in [3.8, 4) is 0 Å². The Kier molecular flexibility index (Phi) is 6.54. The predicted molar refractivity (Wildman–Crippen MR) is 104 cm³/mol. The molecule has 1 aromatic carbocycles. The Balaban J connectivity index is 1.73. The lowest BCUT2D eigenvalue weighted by atomic mass is 10.1. The molecule has 1 saturated heterocycles. The van der Waals surface area contributed by atoms with E-state index in [-0.39, 0.29) is 23.4 Å². The summed E-state index contributed by atoms with van der Waals surface area (Å²) < 4.78 is 5.55. The van der Waals surface area contributed by atoms with E-state index in [0.717, 1.165) is 44.4 Å². The third kappa shape index (κ3) is 5.13. The molecule has 3 rings (SSSR count). The molecule has 1 fully saturated rings. The van der Waals surface area contributed by atoms with Crippen LogP contribution in [0, 0.1) is 10.1 Å². The van der Waals surface area contributed by atoms with Crippen LogP contribution in [0.2, 0.25) is 0 Å². The fourth-order valence-electron chi connectivity index (χ4n) is 3.06. The molecule has 0 spiro atoms. The quantitative estimate of drug-likeness (QED) is 0.506. The largest absolute Gasteiger partial charge is 0.376 e. The number of unbranched alkanes of at least 4 members (excludes halogenated alkanes) is 1. The third-order valence-electron chi connectivity index (χ3n) is 4.56. The van der Waals surface area contributed by atoms with Crippen LogP contribution in [-0.4, -0.2) is 34.1 Å². The fraction of sp³-hybridized carbons (Fsp3) is 0.474. The Morgan fingerprint density at radius 1 is 1.26 bits per heavy atom. The van der Waals surface area contributed by atoms with Gasteiger partial charge in [-0.3, -0.25) is 10.1 Å². The van der Waals surface area contributed by atoms with Crippen LogP contribution in [0.5, 0.6) is 0 Å². The number of nitro groups is 1. The number of benzene rings is 1. The van der Waals surface area contributed by atoms with Gasteiger partial charge in [0.05, 0.1) is 11.0 Å². The van der Waals surface area contributed by atoms with Gasteiger partial charge in [-0.1, -0.05) is 25.5 Å². The Hall–Kier alpha value is -2.74. The molecule has 1 atom stereocenters. The minimum atomic E-state index is -0.463. The van der Waals surface area contributed by atoms with E-state index in [1.54, 1.807) is 0 Å². The van der Waals surface area contributed by atoms with Crippen LogP contribution in [-0.2, 0) is 11.2 Å². The molecule has 1 aromatic heterocycles. The van der Waals surface area contributed by atoms with Gasteiger partial charge in [-0.2, -0.15) is 0 Å². The highest BCUT2D eigenvalue weighted by molar-refractivity contribution is 5.73. The third-order valence-corrected chi connectivity index (χ3v) is 4.56. The molecule has 1 aliphatic heterocycles. The van der Waals surface area contributed by atoms with E-state index in [1.807, 2.05) is 24.3 Å². The first kappa shape index (κ1) is 19.0. The van der Waals surface area contributed by atoms with E-state index in [0.29, 0.717) is 6.54 Å². The van der Waals surface area contributed by atoms with Gasteiger partial charge in [-0.15, -0.1) is 0 Å². The van der Waals surface area contributed by atoms with Crippen LogP contribution in [0.1, 0.15) is 38.2 Å². The van der Waals surface area contributed by atoms with Crippen LogP contribution >= 0.6 is 0 Å². The second-order valence-corrected chi connectivity index (χ2v) is 6.62. The van der Waals surface area contributed by atoms with Gasteiger partial charge >= 0.3 is 5.69 Å². The van der Waals surface area contributed by atoms with Gasteiger partial charge in [-0.05, 0) is 43.4 Å². The molecule has 0 amide bonds. The van der Waals surface area contributed by atoms with E-state index in [9.17, 15) is 10.1 Å². The maximum atomic E-state index is 11.6. The molecule has 0 bridgehead atoms. The maximum Gasteiger partial charge on any atom is 0.353 e. The summed E-state index contributed by atoms with van der Waals surface area (Å²) in [4.78, 5) is 19.3. The van der Waals surface area contributed by atoms with Gasteiger partial charge < -0.3 is 15.4 Å². The van der Waals surface area contributed by atoms with Gasteiger partial charge in [0.1, 0.15) is 6.33 Å². The molecule has 27 heavy (non-hydrogen) atoms. The van der Waals surface area contributed by atoms with Crippen molar-refractivity contribution >= 4 is 23.0 Å². The van der Waals surface area contributed by atoms with Crippen molar-refractivity contribution in [3.05, 3.63) is 46.3 Å². The molecule has 0 aliphatic carbocycles. The zero-order valence-electron chi connectivity index (χ0n) is 15.5. The summed E-state index contributed by atoms with van der Waals surface area (Å²) in [5.74, 6) is 0.374. The molecule has 8 nitrogen and oxygen atoms in total. The van der Waals surface area contributed by atoms with E-state index in [1.165, 1.54) is 11.9 Å². The summed E-state index contributed by atoms with van der Waals surface area (Å²) in [6.45, 7) is 3.39. The number of anilines is 3. The normalized spacial score (nSPS) is 16.3. The first-order valence-corrected chi connectivity index (χ1v) is 9.38. The van der Waals surface area contributed by atoms with Crippen LogP contribution in [0.3, 0.4) is 0 Å². The molecule has 0 radical (unpaired) electrons.